The lowest BCUT2D eigenvalue weighted by Crippen LogP contribution is -2.18. The molecule has 0 aliphatic heterocycles. The molecular weight excluding hydrogens is 276 g/mol. The first-order chi connectivity index (χ1) is 10.8. The van der Waals surface area contributed by atoms with E-state index in [4.69, 9.17) is 5.73 Å². The van der Waals surface area contributed by atoms with E-state index in [1.165, 1.54) is 11.1 Å². The molecule has 6 heteroatoms. The van der Waals surface area contributed by atoms with E-state index in [9.17, 15) is 0 Å². The van der Waals surface area contributed by atoms with Gasteiger partial charge in [0.25, 0.3) is 0 Å². The summed E-state index contributed by atoms with van der Waals surface area (Å²) < 4.78 is 0. The highest BCUT2D eigenvalue weighted by molar-refractivity contribution is 5.22. The number of hydrogen-bond donors (Lipinski definition) is 3. The summed E-state index contributed by atoms with van der Waals surface area (Å²) in [5, 5.41) is 10.1. The van der Waals surface area contributed by atoms with Gasteiger partial charge >= 0.3 is 0 Å². The standard InChI is InChI=1S/C16H20N6/c1-2-3-4-5-14(10-15-20-16(17)22-21-15)12-19-11-13-6-8-18-9-7-13/h2-9,19H,1,10-12H2,(H3,17,20,21,22)/b4-3-,14-5-. The first kappa shape index (κ1) is 15.7. The number of aromatic nitrogens is 4. The maximum Gasteiger partial charge on any atom is 0.239 e. The molecule has 0 amide bonds. The third-order valence-electron chi connectivity index (χ3n) is 2.95. The molecule has 6 nitrogen and oxygen atoms in total. The van der Waals surface area contributed by atoms with Crippen molar-refractivity contribution in [2.75, 3.05) is 12.3 Å². The fourth-order valence-electron chi connectivity index (χ4n) is 1.92. The van der Waals surface area contributed by atoms with Crippen LogP contribution in [0.15, 0.2) is 61.0 Å². The van der Waals surface area contributed by atoms with Crippen molar-refractivity contribution in [3.63, 3.8) is 0 Å². The lowest BCUT2D eigenvalue weighted by atomic mass is 10.1. The Balaban J connectivity index is 1.93. The number of anilines is 1. The number of allylic oxidation sites excluding steroid dienone is 4. The SMILES string of the molecule is C=C/C=C\C=C(/CNCc1ccncc1)Cc1nc(N)n[nH]1. The van der Waals surface area contributed by atoms with E-state index >= 15 is 0 Å². The van der Waals surface area contributed by atoms with Gasteiger partial charge in [0.1, 0.15) is 5.82 Å². The zero-order valence-corrected chi connectivity index (χ0v) is 12.4. The van der Waals surface area contributed by atoms with Crippen LogP contribution in [0.5, 0.6) is 0 Å². The molecule has 2 rings (SSSR count). The van der Waals surface area contributed by atoms with Crippen LogP contribution in [0, 0.1) is 0 Å². The largest absolute Gasteiger partial charge is 0.367 e. The number of nitrogens with one attached hydrogen (secondary N) is 2. The van der Waals surface area contributed by atoms with Gasteiger partial charge in [0.05, 0.1) is 0 Å². The van der Waals surface area contributed by atoms with Crippen LogP contribution in [0.4, 0.5) is 5.95 Å². The van der Waals surface area contributed by atoms with Gasteiger partial charge in [-0.15, -0.1) is 5.10 Å². The van der Waals surface area contributed by atoms with Gasteiger partial charge in [0.2, 0.25) is 5.95 Å². The van der Waals surface area contributed by atoms with Crippen molar-refractivity contribution >= 4 is 5.95 Å². The number of nitrogens with two attached hydrogens (primary N) is 1. The normalized spacial score (nSPS) is 11.9. The molecule has 0 atom stereocenters. The lowest BCUT2D eigenvalue weighted by molar-refractivity contribution is 0.723. The maximum absolute atomic E-state index is 5.53. The zero-order valence-electron chi connectivity index (χ0n) is 12.4. The van der Waals surface area contributed by atoms with Crippen LogP contribution in [0.3, 0.4) is 0 Å². The average Bonchev–Trinajstić information content (AvgIpc) is 2.93. The molecule has 0 spiro atoms. The second-order valence-electron chi connectivity index (χ2n) is 4.72. The van der Waals surface area contributed by atoms with E-state index in [1.54, 1.807) is 18.5 Å². The summed E-state index contributed by atoms with van der Waals surface area (Å²) in [6.07, 6.45) is 11.9. The van der Waals surface area contributed by atoms with Crippen molar-refractivity contribution in [1.29, 1.82) is 0 Å². The number of H-pyrrole nitrogens is 1. The Hall–Kier alpha value is -2.73. The number of pyridine rings is 1. The first-order valence-corrected chi connectivity index (χ1v) is 7.01. The molecule has 0 saturated carbocycles. The van der Waals surface area contributed by atoms with Gasteiger partial charge in [0, 0.05) is 31.9 Å². The van der Waals surface area contributed by atoms with Crippen LogP contribution < -0.4 is 11.1 Å². The van der Waals surface area contributed by atoms with Gasteiger partial charge in [-0.25, -0.2) is 0 Å². The number of nitrogens with zero attached hydrogens (tertiary/aromatic N) is 3. The van der Waals surface area contributed by atoms with Crippen molar-refractivity contribution in [3.8, 4) is 0 Å². The molecule has 22 heavy (non-hydrogen) atoms. The van der Waals surface area contributed by atoms with E-state index in [0.717, 1.165) is 18.9 Å². The summed E-state index contributed by atoms with van der Waals surface area (Å²) in [5.41, 5.74) is 7.89. The topological polar surface area (TPSA) is 92.5 Å². The molecule has 0 unspecified atom stereocenters. The molecule has 2 aromatic rings. The fourth-order valence-corrected chi connectivity index (χ4v) is 1.92. The van der Waals surface area contributed by atoms with Gasteiger partial charge in [-0.1, -0.05) is 30.9 Å². The van der Waals surface area contributed by atoms with Crippen LogP contribution in [0.25, 0.3) is 0 Å². The number of aromatic amines is 1. The second-order valence-corrected chi connectivity index (χ2v) is 4.72. The van der Waals surface area contributed by atoms with Gasteiger partial charge in [-0.3, -0.25) is 10.1 Å². The molecule has 0 fully saturated rings. The summed E-state index contributed by atoms with van der Waals surface area (Å²) in [5.74, 6) is 1.02. The molecule has 0 saturated heterocycles. The van der Waals surface area contributed by atoms with Crippen molar-refractivity contribution in [1.82, 2.24) is 25.5 Å². The second kappa shape index (κ2) is 8.53. The third-order valence-corrected chi connectivity index (χ3v) is 2.95. The number of nitrogen functional groups attached to an aromatic ring is 1. The van der Waals surface area contributed by atoms with Gasteiger partial charge in [-0.05, 0) is 23.3 Å². The predicted octanol–water partition coefficient (Wildman–Crippen LogP) is 1.78. The summed E-state index contributed by atoms with van der Waals surface area (Å²) >= 11 is 0. The number of hydrogen-bond acceptors (Lipinski definition) is 5. The Morgan fingerprint density at radius 3 is 2.82 bits per heavy atom. The van der Waals surface area contributed by atoms with E-state index < -0.39 is 0 Å². The van der Waals surface area contributed by atoms with E-state index in [-0.39, 0.29) is 5.95 Å². The van der Waals surface area contributed by atoms with E-state index in [2.05, 4.69) is 32.1 Å². The van der Waals surface area contributed by atoms with Crippen molar-refractivity contribution in [2.45, 2.75) is 13.0 Å². The van der Waals surface area contributed by atoms with E-state index in [1.807, 2.05) is 30.4 Å². The minimum Gasteiger partial charge on any atom is -0.367 e. The Kier molecular flexibility index (Phi) is 6.07. The molecule has 4 N–H and O–H groups in total. The first-order valence-electron chi connectivity index (χ1n) is 7.01. The number of rotatable bonds is 8. The molecule has 114 valence electrons. The highest BCUT2D eigenvalue weighted by Gasteiger charge is 2.04. The van der Waals surface area contributed by atoms with Crippen molar-refractivity contribution in [2.24, 2.45) is 0 Å². The quantitative estimate of drug-likeness (QED) is 0.646. The van der Waals surface area contributed by atoms with Crippen LogP contribution in [-0.2, 0) is 13.0 Å². The predicted molar refractivity (Wildman–Crippen MR) is 87.9 cm³/mol. The molecular formula is C16H20N6. The highest BCUT2D eigenvalue weighted by atomic mass is 15.3. The molecule has 0 radical (unpaired) electrons. The van der Waals surface area contributed by atoms with Gasteiger partial charge in [-0.2, -0.15) is 4.98 Å². The summed E-state index contributed by atoms with van der Waals surface area (Å²) in [6, 6.07) is 3.98. The average molecular weight is 296 g/mol. The fraction of sp³-hybridized carbons (Fsp3) is 0.188. The zero-order chi connectivity index (χ0) is 15.6. The Morgan fingerprint density at radius 2 is 2.14 bits per heavy atom. The van der Waals surface area contributed by atoms with Gasteiger partial charge in [0.15, 0.2) is 0 Å². The maximum atomic E-state index is 5.53. The Morgan fingerprint density at radius 1 is 1.32 bits per heavy atom. The van der Waals surface area contributed by atoms with Gasteiger partial charge < -0.3 is 11.1 Å². The van der Waals surface area contributed by atoms with Crippen molar-refractivity contribution in [3.05, 3.63) is 72.4 Å². The third kappa shape index (κ3) is 5.34. The van der Waals surface area contributed by atoms with Crippen LogP contribution in [0.2, 0.25) is 0 Å². The summed E-state index contributed by atoms with van der Waals surface area (Å²) in [6.45, 7) is 5.19. The lowest BCUT2D eigenvalue weighted by Gasteiger charge is -2.07. The van der Waals surface area contributed by atoms with Crippen LogP contribution >= 0.6 is 0 Å². The summed E-state index contributed by atoms with van der Waals surface area (Å²) in [7, 11) is 0. The molecule has 2 heterocycles. The van der Waals surface area contributed by atoms with Crippen molar-refractivity contribution < 1.29 is 0 Å². The monoisotopic (exact) mass is 296 g/mol. The summed E-state index contributed by atoms with van der Waals surface area (Å²) in [4.78, 5) is 8.14. The minimum atomic E-state index is 0.265. The van der Waals surface area contributed by atoms with E-state index in [0.29, 0.717) is 6.42 Å². The Bertz CT molecular complexity index is 642. The van der Waals surface area contributed by atoms with Crippen LogP contribution in [0.1, 0.15) is 11.4 Å². The molecule has 0 aliphatic carbocycles. The molecule has 0 aromatic carbocycles. The molecule has 0 bridgehead atoms. The highest BCUT2D eigenvalue weighted by Crippen LogP contribution is 2.05. The molecule has 0 aliphatic rings. The smallest absolute Gasteiger partial charge is 0.239 e. The Labute approximate surface area is 129 Å². The van der Waals surface area contributed by atoms with Crippen LogP contribution in [-0.4, -0.2) is 26.7 Å². The minimum absolute atomic E-state index is 0.265. The molecule has 2 aromatic heterocycles.